The predicted molar refractivity (Wildman–Crippen MR) is 111 cm³/mol. The molecule has 2 aromatic carbocycles. The summed E-state index contributed by atoms with van der Waals surface area (Å²) in [6.45, 7) is 2.71. The Hall–Kier alpha value is -2.71. The third kappa shape index (κ3) is 5.42. The van der Waals surface area contributed by atoms with Crippen molar-refractivity contribution >= 4 is 27.5 Å². The van der Waals surface area contributed by atoms with Crippen LogP contribution in [0.2, 0.25) is 0 Å². The lowest BCUT2D eigenvalue weighted by Gasteiger charge is -2.34. The van der Waals surface area contributed by atoms with E-state index in [1.165, 1.54) is 23.4 Å². The Morgan fingerprint density at radius 3 is 2.14 bits per heavy atom. The van der Waals surface area contributed by atoms with Crippen molar-refractivity contribution in [2.45, 2.75) is 24.7 Å². The van der Waals surface area contributed by atoms with Gasteiger partial charge in [0.15, 0.2) is 0 Å². The number of nitrogens with one attached hydrogen (secondary N) is 1. The first kappa shape index (κ1) is 21.0. The molecule has 0 aromatic heterocycles. The zero-order valence-electron chi connectivity index (χ0n) is 16.4. The van der Waals surface area contributed by atoms with E-state index in [0.29, 0.717) is 31.6 Å². The molecular weight excluding hydrogens is 390 g/mol. The van der Waals surface area contributed by atoms with Crippen LogP contribution in [0.25, 0.3) is 0 Å². The predicted octanol–water partition coefficient (Wildman–Crippen LogP) is 2.11. The topological polar surface area (TPSA) is 86.8 Å². The van der Waals surface area contributed by atoms with E-state index >= 15 is 0 Å². The zero-order chi connectivity index (χ0) is 20.9. The van der Waals surface area contributed by atoms with E-state index in [-0.39, 0.29) is 29.8 Å². The average Bonchev–Trinajstić information content (AvgIpc) is 2.73. The van der Waals surface area contributed by atoms with Gasteiger partial charge in [0.1, 0.15) is 0 Å². The number of piperazine rings is 1. The second-order valence-corrected chi connectivity index (χ2v) is 8.91. The van der Waals surface area contributed by atoms with Crippen LogP contribution in [0.4, 0.5) is 5.69 Å². The van der Waals surface area contributed by atoms with Gasteiger partial charge in [-0.1, -0.05) is 30.3 Å². The lowest BCUT2D eigenvalue weighted by Crippen LogP contribution is -2.50. The van der Waals surface area contributed by atoms with Crippen LogP contribution in [0.15, 0.2) is 59.5 Å². The van der Waals surface area contributed by atoms with Gasteiger partial charge in [0.05, 0.1) is 4.90 Å². The molecule has 1 aliphatic heterocycles. The fraction of sp³-hybridized carbons (Fsp3) is 0.333. The highest BCUT2D eigenvalue weighted by molar-refractivity contribution is 7.89. The number of carbonyl (C=O) groups excluding carboxylic acids is 2. The van der Waals surface area contributed by atoms with Crippen molar-refractivity contribution < 1.29 is 18.0 Å². The summed E-state index contributed by atoms with van der Waals surface area (Å²) in [7, 11) is -3.63. The molecular formula is C21H25N3O4S. The fourth-order valence-corrected chi connectivity index (χ4v) is 4.72. The van der Waals surface area contributed by atoms with Gasteiger partial charge >= 0.3 is 0 Å². The second-order valence-electron chi connectivity index (χ2n) is 6.98. The molecule has 29 heavy (non-hydrogen) atoms. The fourth-order valence-electron chi connectivity index (χ4n) is 3.29. The van der Waals surface area contributed by atoms with Crippen molar-refractivity contribution in [2.75, 3.05) is 31.5 Å². The van der Waals surface area contributed by atoms with Crippen LogP contribution in [-0.4, -0.2) is 55.6 Å². The molecule has 1 heterocycles. The standard InChI is InChI=1S/C21H25N3O4S/c1-17(25)22-19-8-10-20(11-9-19)29(27,28)24-15-13-23(14-16-24)21(26)12-7-18-5-3-2-4-6-18/h2-6,8-11H,7,12-16H2,1H3,(H,22,25). The molecule has 0 spiro atoms. The molecule has 154 valence electrons. The summed E-state index contributed by atoms with van der Waals surface area (Å²) in [4.78, 5) is 25.4. The van der Waals surface area contributed by atoms with Crippen molar-refractivity contribution in [3.63, 3.8) is 0 Å². The Kier molecular flexibility index (Phi) is 6.66. The molecule has 1 N–H and O–H groups in total. The number of sulfonamides is 1. The number of hydrogen-bond acceptors (Lipinski definition) is 4. The van der Waals surface area contributed by atoms with Gasteiger partial charge < -0.3 is 10.2 Å². The number of nitrogens with zero attached hydrogens (tertiary/aromatic N) is 2. The maximum absolute atomic E-state index is 12.8. The van der Waals surface area contributed by atoms with Gasteiger partial charge in [-0.15, -0.1) is 0 Å². The number of amides is 2. The summed E-state index contributed by atoms with van der Waals surface area (Å²) in [6, 6.07) is 15.9. The van der Waals surface area contributed by atoms with Crippen LogP contribution in [0, 0.1) is 0 Å². The second kappa shape index (κ2) is 9.19. The zero-order valence-corrected chi connectivity index (χ0v) is 17.2. The largest absolute Gasteiger partial charge is 0.340 e. The lowest BCUT2D eigenvalue weighted by molar-refractivity contribution is -0.132. The van der Waals surface area contributed by atoms with E-state index in [1.54, 1.807) is 17.0 Å². The molecule has 1 saturated heterocycles. The number of benzene rings is 2. The maximum atomic E-state index is 12.8. The molecule has 2 aromatic rings. The van der Waals surface area contributed by atoms with Crippen LogP contribution >= 0.6 is 0 Å². The molecule has 0 bridgehead atoms. The Morgan fingerprint density at radius 1 is 0.931 bits per heavy atom. The molecule has 1 fully saturated rings. The van der Waals surface area contributed by atoms with Crippen molar-refractivity contribution in [1.29, 1.82) is 0 Å². The van der Waals surface area contributed by atoms with Gasteiger partial charge in [0.2, 0.25) is 21.8 Å². The highest BCUT2D eigenvalue weighted by atomic mass is 32.2. The number of hydrogen-bond donors (Lipinski definition) is 1. The molecule has 0 aliphatic carbocycles. The number of aryl methyl sites for hydroxylation is 1. The highest BCUT2D eigenvalue weighted by Gasteiger charge is 2.29. The summed E-state index contributed by atoms with van der Waals surface area (Å²) >= 11 is 0. The van der Waals surface area contributed by atoms with Crippen LogP contribution < -0.4 is 5.32 Å². The van der Waals surface area contributed by atoms with E-state index in [2.05, 4.69) is 5.32 Å². The molecule has 3 rings (SSSR count). The van der Waals surface area contributed by atoms with Crippen LogP contribution in [0.3, 0.4) is 0 Å². The van der Waals surface area contributed by atoms with Crippen molar-refractivity contribution in [1.82, 2.24) is 9.21 Å². The Morgan fingerprint density at radius 2 is 1.55 bits per heavy atom. The molecule has 7 nitrogen and oxygen atoms in total. The maximum Gasteiger partial charge on any atom is 0.243 e. The monoisotopic (exact) mass is 415 g/mol. The SMILES string of the molecule is CC(=O)Nc1ccc(S(=O)(=O)N2CCN(C(=O)CCc3ccccc3)CC2)cc1. The van der Waals surface area contributed by atoms with Crippen LogP contribution in [0.5, 0.6) is 0 Å². The van der Waals surface area contributed by atoms with Crippen LogP contribution in [-0.2, 0) is 26.0 Å². The molecule has 0 saturated carbocycles. The number of rotatable bonds is 6. The van der Waals surface area contributed by atoms with Crippen molar-refractivity contribution in [2.24, 2.45) is 0 Å². The smallest absolute Gasteiger partial charge is 0.243 e. The van der Waals surface area contributed by atoms with E-state index in [4.69, 9.17) is 0 Å². The van der Waals surface area contributed by atoms with Gasteiger partial charge in [-0.2, -0.15) is 4.31 Å². The van der Waals surface area contributed by atoms with Gasteiger partial charge in [-0.3, -0.25) is 9.59 Å². The summed E-state index contributed by atoms with van der Waals surface area (Å²) in [5.41, 5.74) is 1.66. The van der Waals surface area contributed by atoms with Gasteiger partial charge in [0.25, 0.3) is 0 Å². The summed E-state index contributed by atoms with van der Waals surface area (Å²) in [6.07, 6.45) is 1.10. The quantitative estimate of drug-likeness (QED) is 0.783. The molecule has 8 heteroatoms. The third-order valence-corrected chi connectivity index (χ3v) is 6.79. The molecule has 0 atom stereocenters. The van der Waals surface area contributed by atoms with Gasteiger partial charge in [-0.25, -0.2) is 8.42 Å². The van der Waals surface area contributed by atoms with Gasteiger partial charge in [-0.05, 0) is 36.2 Å². The summed E-state index contributed by atoms with van der Waals surface area (Å²) < 4.78 is 27.1. The van der Waals surface area contributed by atoms with E-state index in [0.717, 1.165) is 5.56 Å². The molecule has 1 aliphatic rings. The minimum atomic E-state index is -3.63. The third-order valence-electron chi connectivity index (χ3n) is 4.87. The normalized spacial score (nSPS) is 15.1. The van der Waals surface area contributed by atoms with E-state index in [9.17, 15) is 18.0 Å². The van der Waals surface area contributed by atoms with Crippen molar-refractivity contribution in [3.05, 3.63) is 60.2 Å². The minimum absolute atomic E-state index is 0.0468. The Labute approximate surface area is 171 Å². The number of anilines is 1. The summed E-state index contributed by atoms with van der Waals surface area (Å²) in [5, 5.41) is 2.61. The molecule has 0 radical (unpaired) electrons. The van der Waals surface area contributed by atoms with E-state index < -0.39 is 10.0 Å². The Balaban J connectivity index is 1.55. The first-order chi connectivity index (χ1) is 13.9. The molecule has 0 unspecified atom stereocenters. The summed E-state index contributed by atoms with van der Waals surface area (Å²) in [5.74, 6) is -0.167. The first-order valence-corrected chi connectivity index (χ1v) is 11.0. The van der Waals surface area contributed by atoms with Crippen molar-refractivity contribution in [3.8, 4) is 0 Å². The highest BCUT2D eigenvalue weighted by Crippen LogP contribution is 2.20. The van der Waals surface area contributed by atoms with Crippen LogP contribution in [0.1, 0.15) is 18.9 Å². The van der Waals surface area contributed by atoms with Gasteiger partial charge in [0, 0.05) is 45.2 Å². The minimum Gasteiger partial charge on any atom is -0.340 e. The lowest BCUT2D eigenvalue weighted by atomic mass is 10.1. The molecule has 2 amide bonds. The average molecular weight is 416 g/mol. The number of carbonyl (C=O) groups is 2. The van der Waals surface area contributed by atoms with E-state index in [1.807, 2.05) is 30.3 Å². The Bertz CT molecular complexity index is 951. The first-order valence-electron chi connectivity index (χ1n) is 9.56.